The SMILES string of the molecule is CCC(NCc1cc(C)sc1C)c1ccc(OC)cc1. The number of hydrogen-bond donors (Lipinski definition) is 1. The Bertz CT molecular complexity index is 545. The van der Waals surface area contributed by atoms with Crippen molar-refractivity contribution in [2.24, 2.45) is 0 Å². The number of methoxy groups -OCH3 is 1. The highest BCUT2D eigenvalue weighted by atomic mass is 32.1. The molecule has 1 aromatic heterocycles. The molecule has 1 unspecified atom stereocenters. The van der Waals surface area contributed by atoms with E-state index in [1.54, 1.807) is 7.11 Å². The van der Waals surface area contributed by atoms with Crippen LogP contribution in [0.15, 0.2) is 30.3 Å². The van der Waals surface area contributed by atoms with Crippen molar-refractivity contribution in [2.75, 3.05) is 7.11 Å². The van der Waals surface area contributed by atoms with Crippen molar-refractivity contribution < 1.29 is 4.74 Å². The van der Waals surface area contributed by atoms with Crippen molar-refractivity contribution in [1.82, 2.24) is 5.32 Å². The summed E-state index contributed by atoms with van der Waals surface area (Å²) in [6, 6.07) is 11.0. The fourth-order valence-electron chi connectivity index (χ4n) is 2.43. The van der Waals surface area contributed by atoms with Crippen molar-refractivity contribution in [3.05, 3.63) is 51.2 Å². The summed E-state index contributed by atoms with van der Waals surface area (Å²) in [5.41, 5.74) is 2.73. The van der Waals surface area contributed by atoms with Gasteiger partial charge in [-0.3, -0.25) is 0 Å². The minimum Gasteiger partial charge on any atom is -0.497 e. The van der Waals surface area contributed by atoms with Crippen LogP contribution in [0, 0.1) is 13.8 Å². The first-order valence-corrected chi connectivity index (χ1v) is 7.89. The van der Waals surface area contributed by atoms with Gasteiger partial charge in [-0.2, -0.15) is 0 Å². The molecule has 0 aliphatic carbocycles. The fourth-order valence-corrected chi connectivity index (χ4v) is 3.37. The van der Waals surface area contributed by atoms with Crippen LogP contribution in [0.3, 0.4) is 0 Å². The maximum Gasteiger partial charge on any atom is 0.118 e. The molecule has 1 N–H and O–H groups in total. The van der Waals surface area contributed by atoms with Crippen LogP contribution in [0.1, 0.15) is 40.3 Å². The summed E-state index contributed by atoms with van der Waals surface area (Å²) in [4.78, 5) is 2.80. The monoisotopic (exact) mass is 289 g/mol. The van der Waals surface area contributed by atoms with Crippen LogP contribution < -0.4 is 10.1 Å². The first-order chi connectivity index (χ1) is 9.63. The Morgan fingerprint density at radius 3 is 2.40 bits per heavy atom. The quantitative estimate of drug-likeness (QED) is 0.838. The first kappa shape index (κ1) is 15.1. The Kier molecular flexibility index (Phi) is 5.21. The average molecular weight is 289 g/mol. The van der Waals surface area contributed by atoms with Crippen molar-refractivity contribution in [1.29, 1.82) is 0 Å². The highest BCUT2D eigenvalue weighted by Crippen LogP contribution is 2.23. The molecule has 108 valence electrons. The number of thiophene rings is 1. The van der Waals surface area contributed by atoms with E-state index >= 15 is 0 Å². The van der Waals surface area contributed by atoms with E-state index in [-0.39, 0.29) is 0 Å². The van der Waals surface area contributed by atoms with Crippen LogP contribution in [0.2, 0.25) is 0 Å². The number of hydrogen-bond acceptors (Lipinski definition) is 3. The molecule has 0 saturated heterocycles. The van der Waals surface area contributed by atoms with Gasteiger partial charge in [-0.25, -0.2) is 0 Å². The first-order valence-electron chi connectivity index (χ1n) is 7.07. The van der Waals surface area contributed by atoms with E-state index in [4.69, 9.17) is 4.74 Å². The number of nitrogens with one attached hydrogen (secondary N) is 1. The van der Waals surface area contributed by atoms with Crippen molar-refractivity contribution >= 4 is 11.3 Å². The van der Waals surface area contributed by atoms with Gasteiger partial charge in [0.15, 0.2) is 0 Å². The van der Waals surface area contributed by atoms with E-state index in [2.05, 4.69) is 44.3 Å². The van der Waals surface area contributed by atoms with E-state index in [9.17, 15) is 0 Å². The maximum atomic E-state index is 5.21. The lowest BCUT2D eigenvalue weighted by molar-refractivity contribution is 0.414. The summed E-state index contributed by atoms with van der Waals surface area (Å²) >= 11 is 1.87. The Balaban J connectivity index is 2.03. The highest BCUT2D eigenvalue weighted by Gasteiger charge is 2.10. The molecule has 0 saturated carbocycles. The zero-order chi connectivity index (χ0) is 14.5. The standard InChI is InChI=1S/C17H23NOS/c1-5-17(14-6-8-16(19-4)9-7-14)18-11-15-10-12(2)20-13(15)3/h6-10,17-18H,5,11H2,1-4H3. The zero-order valence-electron chi connectivity index (χ0n) is 12.7. The van der Waals surface area contributed by atoms with Crippen LogP contribution in [-0.2, 0) is 6.54 Å². The summed E-state index contributed by atoms with van der Waals surface area (Å²) in [7, 11) is 1.70. The molecular formula is C17H23NOS. The van der Waals surface area contributed by atoms with Crippen LogP contribution in [0.25, 0.3) is 0 Å². The number of rotatable bonds is 6. The third-order valence-electron chi connectivity index (χ3n) is 3.61. The maximum absolute atomic E-state index is 5.21. The zero-order valence-corrected chi connectivity index (χ0v) is 13.5. The number of ether oxygens (including phenoxy) is 1. The predicted octanol–water partition coefficient (Wildman–Crippen LogP) is 4.61. The molecule has 0 fully saturated rings. The molecule has 2 aromatic rings. The van der Waals surface area contributed by atoms with E-state index < -0.39 is 0 Å². The molecule has 0 bridgehead atoms. The van der Waals surface area contributed by atoms with Crippen LogP contribution in [0.4, 0.5) is 0 Å². The Labute approximate surface area is 125 Å². The summed E-state index contributed by atoms with van der Waals surface area (Å²) in [5, 5.41) is 3.66. The van der Waals surface area contributed by atoms with Crippen LogP contribution >= 0.6 is 11.3 Å². The normalized spacial score (nSPS) is 12.4. The van der Waals surface area contributed by atoms with Gasteiger partial charge in [0, 0.05) is 22.3 Å². The smallest absolute Gasteiger partial charge is 0.118 e. The Morgan fingerprint density at radius 2 is 1.90 bits per heavy atom. The molecule has 2 rings (SSSR count). The lowest BCUT2D eigenvalue weighted by atomic mass is 10.0. The topological polar surface area (TPSA) is 21.3 Å². The van der Waals surface area contributed by atoms with Gasteiger partial charge in [-0.05, 0) is 49.6 Å². The minimum absolute atomic E-state index is 0.389. The van der Waals surface area contributed by atoms with Crippen molar-refractivity contribution in [3.8, 4) is 5.75 Å². The molecule has 1 heterocycles. The van der Waals surface area contributed by atoms with Gasteiger partial charge in [0.25, 0.3) is 0 Å². The van der Waals surface area contributed by atoms with E-state index in [0.29, 0.717) is 6.04 Å². The van der Waals surface area contributed by atoms with Gasteiger partial charge in [-0.15, -0.1) is 11.3 Å². The molecule has 0 aliphatic heterocycles. The van der Waals surface area contributed by atoms with Gasteiger partial charge in [-0.1, -0.05) is 19.1 Å². The number of benzene rings is 1. The second-order valence-corrected chi connectivity index (χ2v) is 6.51. The second-order valence-electron chi connectivity index (χ2n) is 5.05. The van der Waals surface area contributed by atoms with Gasteiger partial charge >= 0.3 is 0 Å². The van der Waals surface area contributed by atoms with E-state index in [1.807, 2.05) is 23.5 Å². The molecule has 1 atom stereocenters. The molecule has 3 heteroatoms. The molecule has 20 heavy (non-hydrogen) atoms. The minimum atomic E-state index is 0.389. The van der Waals surface area contributed by atoms with Gasteiger partial charge in [0.1, 0.15) is 5.75 Å². The molecule has 0 amide bonds. The van der Waals surface area contributed by atoms with Crippen molar-refractivity contribution in [3.63, 3.8) is 0 Å². The summed E-state index contributed by atoms with van der Waals surface area (Å²) in [6.45, 7) is 7.51. The molecule has 0 spiro atoms. The summed E-state index contributed by atoms with van der Waals surface area (Å²) in [6.07, 6.45) is 1.08. The Hall–Kier alpha value is -1.32. The molecular weight excluding hydrogens is 266 g/mol. The summed E-state index contributed by atoms with van der Waals surface area (Å²) < 4.78 is 5.21. The third kappa shape index (κ3) is 3.62. The van der Waals surface area contributed by atoms with Gasteiger partial charge in [0.2, 0.25) is 0 Å². The average Bonchev–Trinajstić information content (AvgIpc) is 2.78. The number of aryl methyl sites for hydroxylation is 2. The van der Waals surface area contributed by atoms with Crippen molar-refractivity contribution in [2.45, 2.75) is 39.8 Å². The Morgan fingerprint density at radius 1 is 1.20 bits per heavy atom. The predicted molar refractivity (Wildman–Crippen MR) is 86.7 cm³/mol. The van der Waals surface area contributed by atoms with E-state index in [0.717, 1.165) is 18.7 Å². The summed E-state index contributed by atoms with van der Waals surface area (Å²) in [5.74, 6) is 0.910. The second kappa shape index (κ2) is 6.91. The lowest BCUT2D eigenvalue weighted by Crippen LogP contribution is -2.20. The van der Waals surface area contributed by atoms with E-state index in [1.165, 1.54) is 20.9 Å². The van der Waals surface area contributed by atoms with Crippen LogP contribution in [-0.4, -0.2) is 7.11 Å². The highest BCUT2D eigenvalue weighted by molar-refractivity contribution is 7.12. The lowest BCUT2D eigenvalue weighted by Gasteiger charge is -2.18. The molecule has 0 aliphatic rings. The fraction of sp³-hybridized carbons (Fsp3) is 0.412. The molecule has 0 radical (unpaired) electrons. The largest absolute Gasteiger partial charge is 0.497 e. The van der Waals surface area contributed by atoms with Gasteiger partial charge < -0.3 is 10.1 Å². The molecule has 1 aromatic carbocycles. The van der Waals surface area contributed by atoms with Gasteiger partial charge in [0.05, 0.1) is 7.11 Å². The third-order valence-corrected chi connectivity index (χ3v) is 4.62. The molecule has 2 nitrogen and oxygen atoms in total. The van der Waals surface area contributed by atoms with Crippen LogP contribution in [0.5, 0.6) is 5.75 Å².